The predicted octanol–water partition coefficient (Wildman–Crippen LogP) is 1.03. The standard InChI is InChI=1S/4H3N.4O.Pd/h4*1H3;;;;;/q;;;;4*-2;/p+4. The van der Waals surface area contributed by atoms with Crippen molar-refractivity contribution in [3.8, 4) is 0 Å². The van der Waals surface area contributed by atoms with Gasteiger partial charge in [-0.3, -0.25) is 0 Å². The first-order valence-electron chi connectivity index (χ1n) is 0. The summed E-state index contributed by atoms with van der Waals surface area (Å²) in [6.45, 7) is 0. The van der Waals surface area contributed by atoms with Gasteiger partial charge in [0.2, 0.25) is 0 Å². The van der Waals surface area contributed by atoms with Crippen LogP contribution in [-0.2, 0) is 42.3 Å². The molecule has 0 fully saturated rings. The van der Waals surface area contributed by atoms with Gasteiger partial charge in [0.15, 0.2) is 0 Å². The maximum absolute atomic E-state index is 0. The number of quaternary nitrogens is 4. The summed E-state index contributed by atoms with van der Waals surface area (Å²) in [4.78, 5) is 0. The van der Waals surface area contributed by atoms with E-state index < -0.39 is 0 Å². The van der Waals surface area contributed by atoms with Crippen molar-refractivity contribution in [3.63, 3.8) is 0 Å². The molecule has 9 heteroatoms. The van der Waals surface area contributed by atoms with Crippen LogP contribution < -0.4 is 24.6 Å². The molecular weight excluding hydrogens is 226 g/mol. The molecule has 74 valence electrons. The molecule has 0 aliphatic heterocycles. The van der Waals surface area contributed by atoms with Crippen molar-refractivity contribution in [3.05, 3.63) is 0 Å². The van der Waals surface area contributed by atoms with Crippen molar-refractivity contribution in [2.45, 2.75) is 0 Å². The van der Waals surface area contributed by atoms with Gasteiger partial charge in [0.05, 0.1) is 0 Å². The Kier molecular flexibility index (Phi) is 2370000. The van der Waals surface area contributed by atoms with Gasteiger partial charge in [0.1, 0.15) is 0 Å². The van der Waals surface area contributed by atoms with Gasteiger partial charge in [-0.25, -0.2) is 0 Å². The zero-order valence-electron chi connectivity index (χ0n) is 5.95. The molecule has 0 unspecified atom stereocenters. The number of hydrogen-bond acceptors (Lipinski definition) is 0. The predicted molar refractivity (Wildman–Crippen MR) is 26.7 cm³/mol. The molecule has 0 heterocycles. The molecule has 8 nitrogen and oxygen atoms in total. The first kappa shape index (κ1) is 5550. The minimum Gasteiger partial charge on any atom is -2.00 e. The second-order valence-corrected chi connectivity index (χ2v) is 0. The minimum absolute atomic E-state index is 0. The number of hydrogen-bond donors (Lipinski definition) is 4. The van der Waals surface area contributed by atoms with Gasteiger partial charge in [0.25, 0.3) is 0 Å². The summed E-state index contributed by atoms with van der Waals surface area (Å²) < 4.78 is 0. The van der Waals surface area contributed by atoms with E-state index in [9.17, 15) is 0 Å². The molecule has 0 bridgehead atoms. The van der Waals surface area contributed by atoms with Gasteiger partial charge in [0, 0.05) is 20.4 Å². The molecule has 0 aromatic carbocycles. The van der Waals surface area contributed by atoms with Crippen molar-refractivity contribution < 1.29 is 42.3 Å². The van der Waals surface area contributed by atoms with Crippen molar-refractivity contribution in [2.24, 2.45) is 0 Å². The first-order chi connectivity index (χ1) is 0. The zero-order chi connectivity index (χ0) is 0. The monoisotopic (exact) mass is 242 g/mol. The topological polar surface area (TPSA) is 260 Å². The molecule has 0 aliphatic carbocycles. The van der Waals surface area contributed by atoms with Crippen molar-refractivity contribution in [1.29, 1.82) is 0 Å². The Morgan fingerprint density at radius 3 is 0.333 bits per heavy atom. The van der Waals surface area contributed by atoms with Gasteiger partial charge < -0.3 is 46.5 Å². The quantitative estimate of drug-likeness (QED) is 0.433. The van der Waals surface area contributed by atoms with Gasteiger partial charge in [-0.2, -0.15) is 0 Å². The molecule has 9 heavy (non-hydrogen) atoms. The van der Waals surface area contributed by atoms with Crippen LogP contribution in [0.2, 0.25) is 0 Å². The fourth-order valence-electron chi connectivity index (χ4n) is 0. The Balaban J connectivity index is 0. The summed E-state index contributed by atoms with van der Waals surface area (Å²) in [5.74, 6) is 0. The minimum atomic E-state index is 0. The zero-order valence-corrected chi connectivity index (χ0v) is 7.50. The van der Waals surface area contributed by atoms with Gasteiger partial charge >= 0.3 is 0 Å². The van der Waals surface area contributed by atoms with Crippen LogP contribution in [0, 0.1) is 0 Å². The Morgan fingerprint density at radius 2 is 0.333 bits per heavy atom. The SMILES string of the molecule is [NH4+].[NH4+].[NH4+].[NH4+].[O-2].[O-2].[O-2].[O-2].[Pd]. The van der Waals surface area contributed by atoms with Crippen molar-refractivity contribution in [2.75, 3.05) is 0 Å². The molecule has 0 rings (SSSR count). The molecule has 0 aromatic rings. The van der Waals surface area contributed by atoms with Crippen LogP contribution in [0.5, 0.6) is 0 Å². The normalized spacial score (nSPS) is 0. The van der Waals surface area contributed by atoms with E-state index in [0.717, 1.165) is 0 Å². The van der Waals surface area contributed by atoms with Crippen LogP contribution >= 0.6 is 0 Å². The van der Waals surface area contributed by atoms with Gasteiger partial charge in [-0.15, -0.1) is 0 Å². The van der Waals surface area contributed by atoms with Gasteiger partial charge in [-0.1, -0.05) is 0 Å². The Morgan fingerprint density at radius 1 is 0.333 bits per heavy atom. The Hall–Kier alpha value is 0.342. The van der Waals surface area contributed by atoms with Crippen LogP contribution in [0.4, 0.5) is 0 Å². The fourth-order valence-corrected chi connectivity index (χ4v) is 0. The van der Waals surface area contributed by atoms with E-state index in [2.05, 4.69) is 0 Å². The van der Waals surface area contributed by atoms with E-state index in [1.54, 1.807) is 0 Å². The molecule has 0 radical (unpaired) electrons. The molecular formula is H16N4O4Pd-4. The third-order valence-corrected chi connectivity index (χ3v) is 0. The van der Waals surface area contributed by atoms with E-state index in [4.69, 9.17) is 0 Å². The van der Waals surface area contributed by atoms with E-state index in [-0.39, 0.29) is 66.9 Å². The second-order valence-electron chi connectivity index (χ2n) is 0. The Bertz CT molecular complexity index is 12.5. The van der Waals surface area contributed by atoms with E-state index in [1.807, 2.05) is 0 Å². The average molecular weight is 243 g/mol. The maximum Gasteiger partial charge on any atom is 0 e. The molecule has 0 spiro atoms. The summed E-state index contributed by atoms with van der Waals surface area (Å²) >= 11 is 0. The van der Waals surface area contributed by atoms with Crippen molar-refractivity contribution >= 4 is 0 Å². The fraction of sp³-hybridized carbons (Fsp3) is 0. The summed E-state index contributed by atoms with van der Waals surface area (Å²) in [6.07, 6.45) is 0. The molecule has 0 aliphatic rings. The third kappa shape index (κ3) is 2860. The molecule has 0 amide bonds. The average Bonchev–Trinajstić information content (AvgIpc) is 0. The van der Waals surface area contributed by atoms with Crippen LogP contribution in [0.25, 0.3) is 0 Å². The van der Waals surface area contributed by atoms with E-state index in [1.165, 1.54) is 0 Å². The summed E-state index contributed by atoms with van der Waals surface area (Å²) in [7, 11) is 0. The molecule has 0 aromatic heterocycles. The van der Waals surface area contributed by atoms with Crippen LogP contribution in [0.1, 0.15) is 0 Å². The number of rotatable bonds is 0. The summed E-state index contributed by atoms with van der Waals surface area (Å²) in [5.41, 5.74) is 0. The molecule has 0 saturated carbocycles. The molecule has 0 saturated heterocycles. The molecule has 0 atom stereocenters. The van der Waals surface area contributed by atoms with E-state index in [0.29, 0.717) is 0 Å². The Labute approximate surface area is 67.6 Å². The van der Waals surface area contributed by atoms with Crippen LogP contribution in [-0.4, -0.2) is 0 Å². The van der Waals surface area contributed by atoms with Crippen LogP contribution in [0.3, 0.4) is 0 Å². The summed E-state index contributed by atoms with van der Waals surface area (Å²) in [5, 5.41) is 0. The third-order valence-electron chi connectivity index (χ3n) is 0. The van der Waals surface area contributed by atoms with Crippen LogP contribution in [0.15, 0.2) is 0 Å². The molecule has 16 N–H and O–H groups in total. The largest absolute Gasteiger partial charge is 2.00 e. The summed E-state index contributed by atoms with van der Waals surface area (Å²) in [6, 6.07) is 0. The smallest absolute Gasteiger partial charge is 0 e. The maximum atomic E-state index is 0. The van der Waals surface area contributed by atoms with Crippen molar-refractivity contribution in [1.82, 2.24) is 24.6 Å². The van der Waals surface area contributed by atoms with E-state index >= 15 is 0 Å². The van der Waals surface area contributed by atoms with Gasteiger partial charge in [-0.05, 0) is 0 Å². The second kappa shape index (κ2) is 3840. The first-order valence-corrected chi connectivity index (χ1v) is 0.